The summed E-state index contributed by atoms with van der Waals surface area (Å²) in [5.74, 6) is 0.121. The molecule has 0 unspecified atom stereocenters. The zero-order valence-electron chi connectivity index (χ0n) is 14.4. The molecule has 0 N–H and O–H groups in total. The summed E-state index contributed by atoms with van der Waals surface area (Å²) in [5.41, 5.74) is 1.38. The Morgan fingerprint density at radius 3 is 2.42 bits per heavy atom. The molecule has 132 valence electrons. The minimum absolute atomic E-state index is 0.121. The molecule has 1 aromatic rings. The molecule has 0 aromatic carbocycles. The molecule has 0 atom stereocenters. The van der Waals surface area contributed by atoms with Crippen LogP contribution in [-0.2, 0) is 17.6 Å². The van der Waals surface area contributed by atoms with Crippen LogP contribution in [0.2, 0.25) is 0 Å². The summed E-state index contributed by atoms with van der Waals surface area (Å²) in [6, 6.07) is 2.12. The molecule has 0 saturated carbocycles. The second-order valence-electron chi connectivity index (χ2n) is 6.45. The summed E-state index contributed by atoms with van der Waals surface area (Å²) in [6.45, 7) is 4.46. The highest BCUT2D eigenvalue weighted by Gasteiger charge is 2.27. The average molecular weight is 350 g/mol. The van der Waals surface area contributed by atoms with Gasteiger partial charge in [0, 0.05) is 31.1 Å². The molecule has 2 heterocycles. The Hall–Kier alpha value is -1.56. The highest BCUT2D eigenvalue weighted by atomic mass is 32.1. The third-order valence-electron chi connectivity index (χ3n) is 4.80. The number of amides is 2. The van der Waals surface area contributed by atoms with Crippen molar-refractivity contribution in [1.29, 1.82) is 0 Å². The van der Waals surface area contributed by atoms with Crippen LogP contribution in [0, 0.1) is 0 Å². The van der Waals surface area contributed by atoms with Gasteiger partial charge in [-0.15, -0.1) is 11.3 Å². The van der Waals surface area contributed by atoms with Crippen molar-refractivity contribution in [3.63, 3.8) is 0 Å². The molecule has 2 amide bonds. The van der Waals surface area contributed by atoms with Gasteiger partial charge in [-0.2, -0.15) is 0 Å². The number of hydrogen-bond acceptors (Lipinski definition) is 4. The maximum atomic E-state index is 12.8. The molecule has 5 nitrogen and oxygen atoms in total. The third kappa shape index (κ3) is 3.91. The van der Waals surface area contributed by atoms with Gasteiger partial charge >= 0.3 is 6.09 Å². The van der Waals surface area contributed by atoms with Crippen LogP contribution < -0.4 is 0 Å². The summed E-state index contributed by atoms with van der Waals surface area (Å²) < 4.78 is 5.03. The SMILES string of the molecule is CCOC(=O)N1CCN(C(=O)c2cc3c(s2)CCCCCC3)CC1. The number of carbonyl (C=O) groups is 2. The number of piperazine rings is 1. The smallest absolute Gasteiger partial charge is 0.409 e. The fraction of sp³-hybridized carbons (Fsp3) is 0.667. The third-order valence-corrected chi connectivity index (χ3v) is 6.03. The van der Waals surface area contributed by atoms with Gasteiger partial charge in [-0.1, -0.05) is 12.8 Å². The molecule has 6 heteroatoms. The van der Waals surface area contributed by atoms with Gasteiger partial charge in [0.15, 0.2) is 0 Å². The van der Waals surface area contributed by atoms with Crippen molar-refractivity contribution >= 4 is 23.3 Å². The number of fused-ring (bicyclic) bond motifs is 1. The first-order valence-corrected chi connectivity index (χ1v) is 9.83. The number of thiophene rings is 1. The van der Waals surface area contributed by atoms with Gasteiger partial charge in [-0.25, -0.2) is 4.79 Å². The highest BCUT2D eigenvalue weighted by Crippen LogP contribution is 2.29. The highest BCUT2D eigenvalue weighted by molar-refractivity contribution is 7.14. The van der Waals surface area contributed by atoms with Crippen molar-refractivity contribution in [3.05, 3.63) is 21.4 Å². The normalized spacial score (nSPS) is 18.5. The first-order chi connectivity index (χ1) is 11.7. The van der Waals surface area contributed by atoms with E-state index >= 15 is 0 Å². The maximum Gasteiger partial charge on any atom is 0.409 e. The van der Waals surface area contributed by atoms with E-state index in [1.54, 1.807) is 23.2 Å². The van der Waals surface area contributed by atoms with Crippen LogP contribution >= 0.6 is 11.3 Å². The minimum Gasteiger partial charge on any atom is -0.450 e. The standard InChI is InChI=1S/C18H26N2O3S/c1-2-23-18(22)20-11-9-19(10-12-20)17(21)16-13-14-7-5-3-4-6-8-15(14)24-16/h13H,2-12H2,1H3. The van der Waals surface area contributed by atoms with E-state index in [4.69, 9.17) is 4.74 Å². The van der Waals surface area contributed by atoms with Crippen LogP contribution in [0.1, 0.15) is 52.7 Å². The monoisotopic (exact) mass is 350 g/mol. The topological polar surface area (TPSA) is 49.9 Å². The first kappa shape index (κ1) is 17.3. The Kier molecular flexibility index (Phi) is 5.76. The fourth-order valence-corrected chi connectivity index (χ4v) is 4.63. The number of nitrogens with zero attached hydrogens (tertiary/aromatic N) is 2. The summed E-state index contributed by atoms with van der Waals surface area (Å²) in [6.07, 6.45) is 7.02. The van der Waals surface area contributed by atoms with Crippen LogP contribution in [0.25, 0.3) is 0 Å². The van der Waals surface area contributed by atoms with E-state index in [1.807, 2.05) is 4.90 Å². The average Bonchev–Trinajstić information content (AvgIpc) is 2.96. The second-order valence-corrected chi connectivity index (χ2v) is 7.59. The van der Waals surface area contributed by atoms with Gasteiger partial charge in [0.05, 0.1) is 11.5 Å². The second kappa shape index (κ2) is 8.01. The van der Waals surface area contributed by atoms with Gasteiger partial charge < -0.3 is 14.5 Å². The molecule has 1 aliphatic carbocycles. The number of rotatable bonds is 2. The molecule has 24 heavy (non-hydrogen) atoms. The Balaban J connectivity index is 1.61. The van der Waals surface area contributed by atoms with E-state index in [9.17, 15) is 9.59 Å². The van der Waals surface area contributed by atoms with E-state index in [-0.39, 0.29) is 12.0 Å². The Labute approximate surface area is 147 Å². The predicted octanol–water partition coefficient (Wildman–Crippen LogP) is 3.32. The molecule has 0 spiro atoms. The summed E-state index contributed by atoms with van der Waals surface area (Å²) in [7, 11) is 0. The van der Waals surface area contributed by atoms with Crippen molar-refractivity contribution in [2.75, 3.05) is 32.8 Å². The lowest BCUT2D eigenvalue weighted by molar-refractivity contribution is 0.0574. The molecule has 0 bridgehead atoms. The molecule has 1 aliphatic heterocycles. The Bertz CT molecular complexity index is 566. The molecular weight excluding hydrogens is 324 g/mol. The van der Waals surface area contributed by atoms with Crippen LogP contribution in [-0.4, -0.2) is 54.6 Å². The van der Waals surface area contributed by atoms with Crippen molar-refractivity contribution < 1.29 is 14.3 Å². The van der Waals surface area contributed by atoms with E-state index < -0.39 is 0 Å². The minimum atomic E-state index is -0.274. The Morgan fingerprint density at radius 2 is 1.71 bits per heavy atom. The van der Waals surface area contributed by atoms with Crippen molar-refractivity contribution in [3.8, 4) is 0 Å². The molecule has 1 aromatic heterocycles. The lowest BCUT2D eigenvalue weighted by atomic mass is 10.00. The summed E-state index contributed by atoms with van der Waals surface area (Å²) in [5, 5.41) is 0. The van der Waals surface area contributed by atoms with Crippen molar-refractivity contribution in [2.45, 2.75) is 45.4 Å². The van der Waals surface area contributed by atoms with E-state index in [0.29, 0.717) is 32.8 Å². The van der Waals surface area contributed by atoms with Gasteiger partial charge in [0.1, 0.15) is 0 Å². The van der Waals surface area contributed by atoms with Gasteiger partial charge in [0.2, 0.25) is 0 Å². The first-order valence-electron chi connectivity index (χ1n) is 9.01. The van der Waals surface area contributed by atoms with Crippen LogP contribution in [0.3, 0.4) is 0 Å². The van der Waals surface area contributed by atoms with Crippen LogP contribution in [0.15, 0.2) is 6.07 Å². The molecule has 1 saturated heterocycles. The molecular formula is C18H26N2O3S. The quantitative estimate of drug-likeness (QED) is 0.822. The Morgan fingerprint density at radius 1 is 1.04 bits per heavy atom. The zero-order valence-corrected chi connectivity index (χ0v) is 15.2. The predicted molar refractivity (Wildman–Crippen MR) is 94.7 cm³/mol. The number of ether oxygens (including phenoxy) is 1. The van der Waals surface area contributed by atoms with Gasteiger partial charge in [0.25, 0.3) is 5.91 Å². The molecule has 2 aliphatic rings. The van der Waals surface area contributed by atoms with E-state index in [1.165, 1.54) is 36.1 Å². The summed E-state index contributed by atoms with van der Waals surface area (Å²) in [4.78, 5) is 30.4. The van der Waals surface area contributed by atoms with Crippen molar-refractivity contribution in [1.82, 2.24) is 9.80 Å². The van der Waals surface area contributed by atoms with Crippen LogP contribution in [0.4, 0.5) is 4.79 Å². The van der Waals surface area contributed by atoms with E-state index in [0.717, 1.165) is 17.7 Å². The zero-order chi connectivity index (χ0) is 16.9. The number of aryl methyl sites for hydroxylation is 2. The summed E-state index contributed by atoms with van der Waals surface area (Å²) >= 11 is 1.68. The molecule has 3 rings (SSSR count). The fourth-order valence-electron chi connectivity index (χ4n) is 3.41. The van der Waals surface area contributed by atoms with Gasteiger partial charge in [-0.05, 0) is 44.2 Å². The maximum absolute atomic E-state index is 12.8. The lowest BCUT2D eigenvalue weighted by Gasteiger charge is -2.33. The number of carbonyl (C=O) groups excluding carboxylic acids is 2. The van der Waals surface area contributed by atoms with Crippen molar-refractivity contribution in [2.24, 2.45) is 0 Å². The van der Waals surface area contributed by atoms with E-state index in [2.05, 4.69) is 6.07 Å². The molecule has 0 radical (unpaired) electrons. The largest absolute Gasteiger partial charge is 0.450 e. The molecule has 1 fully saturated rings. The van der Waals surface area contributed by atoms with Crippen LogP contribution in [0.5, 0.6) is 0 Å². The van der Waals surface area contributed by atoms with Gasteiger partial charge in [-0.3, -0.25) is 4.79 Å². The lowest BCUT2D eigenvalue weighted by Crippen LogP contribution is -2.50. The number of hydrogen-bond donors (Lipinski definition) is 0.